The Kier molecular flexibility index (Phi) is 35.3. The van der Waals surface area contributed by atoms with Crippen molar-refractivity contribution in [1.29, 1.82) is 0 Å². The van der Waals surface area contributed by atoms with E-state index >= 15 is 0 Å². The van der Waals surface area contributed by atoms with Crippen molar-refractivity contribution >= 4 is 109 Å². The predicted molar refractivity (Wildman–Crippen MR) is 383 cm³/mol. The lowest BCUT2D eigenvalue weighted by atomic mass is 9.98. The number of nitrogens with two attached hydrogens (primary N) is 4. The summed E-state index contributed by atoms with van der Waals surface area (Å²) in [4.78, 5) is 174. The normalized spacial score (nSPS) is 15.5. The number of unbranched alkanes of at least 4 members (excludes halogenated alkanes) is 1. The molecule has 1 saturated heterocycles. The first kappa shape index (κ1) is 88.0. The van der Waals surface area contributed by atoms with E-state index in [2.05, 4.69) is 58.0 Å². The molecule has 3 aromatic carbocycles. The number of nitrogens with one attached hydrogen (secondary N) is 9. The summed E-state index contributed by atoms with van der Waals surface area (Å²) in [6, 6.07) is 0.137. The second-order valence-electron chi connectivity index (χ2n) is 25.8. The highest BCUT2D eigenvalue weighted by Crippen LogP contribution is 2.32. The molecule has 1 aliphatic heterocycles. The van der Waals surface area contributed by atoms with E-state index in [1.165, 1.54) is 53.4 Å². The van der Waals surface area contributed by atoms with Gasteiger partial charge in [0.2, 0.25) is 63.2 Å². The number of phenolic OH excluding ortho intramolecular Hbond substituents is 1. The average molecular weight is 1510 g/mol. The van der Waals surface area contributed by atoms with Gasteiger partial charge in [-0.15, -0.1) is 0 Å². The molecule has 0 unspecified atom stereocenters. The van der Waals surface area contributed by atoms with Crippen molar-refractivity contribution in [1.82, 2.24) is 57.1 Å². The molecule has 40 heteroatoms. The fourth-order valence-corrected chi connectivity index (χ4v) is 12.4. The van der Waals surface area contributed by atoms with Crippen molar-refractivity contribution in [3.63, 3.8) is 0 Å². The van der Waals surface area contributed by atoms with E-state index in [9.17, 15) is 96.6 Å². The van der Waals surface area contributed by atoms with Crippen molar-refractivity contribution in [2.24, 2.45) is 44.9 Å². The number of aliphatic hydroxyl groups is 4. The number of aromatic hydroxyl groups is 1. The van der Waals surface area contributed by atoms with Gasteiger partial charge in [0, 0.05) is 69.7 Å². The van der Waals surface area contributed by atoms with Crippen LogP contribution in [0.5, 0.6) is 5.75 Å². The molecule has 0 saturated carbocycles. The number of oxime groups is 1. The van der Waals surface area contributed by atoms with E-state index in [0.29, 0.717) is 10.9 Å². The molecule has 4 rings (SSSR count). The summed E-state index contributed by atoms with van der Waals surface area (Å²) >= 11 is 0. The third kappa shape index (κ3) is 26.6. The molecule has 10 atom stereocenters. The molecule has 11 amide bonds. The molecule has 0 radical (unpaired) electrons. The molecule has 1 fully saturated rings. The lowest BCUT2D eigenvalue weighted by Crippen LogP contribution is -2.62. The number of hydrogen-bond donors (Lipinski definition) is 19. The minimum absolute atomic E-state index is 0.0385. The first-order valence-corrected chi connectivity index (χ1v) is 35.4. The summed E-state index contributed by atoms with van der Waals surface area (Å²) < 4.78 is 29.3. The molecule has 0 aliphatic carbocycles. The Bertz CT molecular complexity index is 3740. The Morgan fingerprint density at radius 2 is 1.05 bits per heavy atom. The van der Waals surface area contributed by atoms with E-state index in [1.807, 2.05) is 31.1 Å². The molecule has 1 aliphatic rings. The highest BCUT2D eigenvalue weighted by Gasteiger charge is 2.39. The van der Waals surface area contributed by atoms with Gasteiger partial charge in [-0.05, 0) is 87.2 Å². The Hall–Kier alpha value is -10.4. The number of carbonyl (C=O) groups excluding carboxylic acids is 11. The van der Waals surface area contributed by atoms with E-state index in [0.717, 1.165) is 18.0 Å². The maximum Gasteiger partial charge on any atom is 0.326 e. The number of fused-ring (bicyclic) bond motifs is 1. The third-order valence-corrected chi connectivity index (χ3v) is 18.6. The van der Waals surface area contributed by atoms with Gasteiger partial charge in [0.1, 0.15) is 65.8 Å². The van der Waals surface area contributed by atoms with Crippen LogP contribution in [0.4, 0.5) is 5.69 Å². The fraction of sp³-hybridized carbons (Fsp3) is 0.545. The minimum Gasteiger partial charge on any atom is -0.508 e. The number of rotatable bonds is 43. The van der Waals surface area contributed by atoms with E-state index in [1.54, 1.807) is 32.0 Å². The lowest BCUT2D eigenvalue weighted by molar-refractivity contribution is -0.143. The molecule has 23 N–H and O–H groups in total. The van der Waals surface area contributed by atoms with Gasteiger partial charge >= 0.3 is 5.97 Å². The largest absolute Gasteiger partial charge is 0.508 e. The zero-order valence-electron chi connectivity index (χ0n) is 60.0. The van der Waals surface area contributed by atoms with Gasteiger partial charge in [-0.2, -0.15) is 4.31 Å². The van der Waals surface area contributed by atoms with Crippen molar-refractivity contribution in [2.45, 2.75) is 145 Å². The van der Waals surface area contributed by atoms with Crippen LogP contribution >= 0.6 is 0 Å². The molecule has 39 nitrogen and oxygen atoms in total. The van der Waals surface area contributed by atoms with Gasteiger partial charge < -0.3 is 116 Å². The van der Waals surface area contributed by atoms with Gasteiger partial charge in [0.15, 0.2) is 12.6 Å². The number of hydrogen-bond acceptors (Lipinski definition) is 24. The highest BCUT2D eigenvalue weighted by molar-refractivity contribution is 7.89. The van der Waals surface area contributed by atoms with Crippen LogP contribution in [0.3, 0.4) is 0 Å². The number of phenols is 1. The molecule has 586 valence electrons. The Labute approximate surface area is 611 Å². The molecular weight excluding hydrogens is 1410 g/mol. The van der Waals surface area contributed by atoms with Crippen molar-refractivity contribution in [3.8, 4) is 5.75 Å². The summed E-state index contributed by atoms with van der Waals surface area (Å²) in [6.45, 7) is 2.77. The fourth-order valence-electron chi connectivity index (χ4n) is 10.7. The first-order chi connectivity index (χ1) is 50.0. The summed E-state index contributed by atoms with van der Waals surface area (Å²) in [5, 5.41) is 87.1. The maximum atomic E-state index is 14.1. The SMILES string of the molecule is CC(C)[C@H](NC(=O)[C@H](CC(N)=O)NC(=O)[C@H](CCCCN)NC(=O)[C@H](CO)NC(=O)[C@H](CO)NC(=O)[C@H](CO)NC(=O)[C@@H](NC(=O)/C(Cc1ccc(O)cc1)=N/OCC(=O)N1CCN(S(=O)(=O)c2cccc3c(N(C)C)cccc23)CC1)[C@@H](C)O)C(=O)N[C@H](C(=O)N[C@@H](CCCN=C(N)N)C(=O)O)C(C)C. The lowest BCUT2D eigenvalue weighted by Gasteiger charge is -2.34. The maximum absolute atomic E-state index is 14.1. The number of guanidine groups is 1. The minimum atomic E-state index is -4.03. The van der Waals surface area contributed by atoms with Gasteiger partial charge in [-0.25, -0.2) is 13.2 Å². The number of aliphatic hydroxyl groups excluding tert-OH is 4. The second kappa shape index (κ2) is 42.5. The molecule has 106 heavy (non-hydrogen) atoms. The zero-order valence-corrected chi connectivity index (χ0v) is 60.8. The van der Waals surface area contributed by atoms with Crippen molar-refractivity contribution < 1.29 is 101 Å². The third-order valence-electron chi connectivity index (χ3n) is 16.7. The van der Waals surface area contributed by atoms with Gasteiger partial charge in [0.25, 0.3) is 11.8 Å². The number of anilines is 1. The monoisotopic (exact) mass is 1510 g/mol. The van der Waals surface area contributed by atoms with Crippen molar-refractivity contribution in [3.05, 3.63) is 66.2 Å². The van der Waals surface area contributed by atoms with Gasteiger partial charge in [0.05, 0.1) is 37.2 Å². The summed E-state index contributed by atoms with van der Waals surface area (Å²) in [7, 11) is -0.348. The number of aliphatic imine (C=N–C) groups is 1. The number of aliphatic carboxylic acids is 1. The first-order valence-electron chi connectivity index (χ1n) is 33.9. The summed E-state index contributed by atoms with van der Waals surface area (Å²) in [5.74, 6) is -15.4. The molecular formula is C66H100N18O21S. The number of piperazine rings is 1. The van der Waals surface area contributed by atoms with Crippen LogP contribution in [0, 0.1) is 11.8 Å². The molecule has 0 aromatic heterocycles. The number of amides is 11. The predicted octanol–water partition coefficient (Wildman–Crippen LogP) is -6.76. The molecule has 0 bridgehead atoms. The molecule has 0 spiro atoms. The Morgan fingerprint density at radius 3 is 1.56 bits per heavy atom. The Morgan fingerprint density at radius 1 is 0.575 bits per heavy atom. The quantitative estimate of drug-likeness (QED) is 0.0108. The number of carboxylic acids is 1. The molecule has 3 aromatic rings. The highest BCUT2D eigenvalue weighted by atomic mass is 32.2. The number of sulfonamides is 1. The standard InChI is InChI=1S/C66H100N18O21S/c1-35(2)53(62(98)73-43(65(101)102)16-12-24-71-66(69)70)79-63(99)54(36(3)4)78-57(93)44(30-51(68)90)74-56(92)42(15-8-9-23-67)72-59(95)46(31-85)75-60(96)47(32-86)76-61(97)48(33-87)77-64(100)55(37(5)88)80-58(94)45(29-38-19-21-39(89)22-20-38)81-105-34-52(91)83-25-27-84(28-26-83)106(103,104)50-18-11-13-40-41(50)14-10-17-49(40)82(6)7/h10-11,13-14,17-22,35-37,42-44,46-48,53-55,85-89H,8-9,12,15-16,23-34,67H2,1-7H3,(H2,68,90)(H,72,95)(H,73,98)(H,74,92)(H,75,96)(H,76,97)(H,77,100)(H,78,93)(H,79,99)(H,80,94)(H,101,102)(H4,69,70,71)/b81-45+/t37-,42+,43+,44+,46+,47+,48+,53+,54+,55+/m1/s1. The topological polar surface area (TPSA) is 616 Å². The van der Waals surface area contributed by atoms with Crippen LogP contribution < -0.4 is 75.7 Å². The summed E-state index contributed by atoms with van der Waals surface area (Å²) in [6.07, 6.45) is -2.74. The van der Waals surface area contributed by atoms with Gasteiger partial charge in [-0.3, -0.25) is 57.7 Å². The van der Waals surface area contributed by atoms with Crippen LogP contribution in [0.25, 0.3) is 10.8 Å². The van der Waals surface area contributed by atoms with E-state index in [4.69, 9.17) is 27.8 Å². The number of primary amides is 1. The van der Waals surface area contributed by atoms with Crippen molar-refractivity contribution in [2.75, 3.05) is 84.7 Å². The second-order valence-corrected chi connectivity index (χ2v) is 27.7. The summed E-state index contributed by atoms with van der Waals surface area (Å²) in [5.41, 5.74) is 22.5. The number of carboxylic acid groups (broad SMARTS) is 1. The van der Waals surface area contributed by atoms with Crippen LogP contribution in [0.2, 0.25) is 0 Å². The van der Waals surface area contributed by atoms with Crippen LogP contribution in [0.15, 0.2) is 75.7 Å². The van der Waals surface area contributed by atoms with Crippen LogP contribution in [0.1, 0.15) is 78.7 Å². The van der Waals surface area contributed by atoms with E-state index in [-0.39, 0.29) is 94.4 Å². The number of carbonyl (C=O) groups is 12. The smallest absolute Gasteiger partial charge is 0.326 e. The average Bonchev–Trinajstić information content (AvgIpc) is 0.762. The zero-order chi connectivity index (χ0) is 79.3. The number of benzene rings is 3. The van der Waals surface area contributed by atoms with Crippen LogP contribution in [-0.2, 0) is 78.8 Å². The molecule has 1 heterocycles. The van der Waals surface area contributed by atoms with E-state index < -0.39 is 192 Å². The van der Waals surface area contributed by atoms with Crippen LogP contribution in [-0.4, -0.2) is 271 Å². The number of nitrogens with zero attached hydrogens (tertiary/aromatic N) is 5. The van der Waals surface area contributed by atoms with Gasteiger partial charge in [-0.1, -0.05) is 69.2 Å². The Balaban J connectivity index is 1.42.